The number of fused-ring (bicyclic) bond motifs is 1. The number of halogens is 3. The molecule has 0 radical (unpaired) electrons. The van der Waals surface area contributed by atoms with Gasteiger partial charge in [0.05, 0.1) is 16.6 Å². The van der Waals surface area contributed by atoms with Crippen molar-refractivity contribution in [1.29, 1.82) is 0 Å². The van der Waals surface area contributed by atoms with Crippen LogP contribution in [0.2, 0.25) is 0 Å². The van der Waals surface area contributed by atoms with Crippen LogP contribution in [-0.4, -0.2) is 52.0 Å². The van der Waals surface area contributed by atoms with Gasteiger partial charge in [0.2, 0.25) is 0 Å². The summed E-state index contributed by atoms with van der Waals surface area (Å²) >= 11 is 0. The fraction of sp³-hybridized carbons (Fsp3) is 0.259. The number of aromatic amines is 1. The summed E-state index contributed by atoms with van der Waals surface area (Å²) in [6.07, 6.45) is -4.71. The van der Waals surface area contributed by atoms with Gasteiger partial charge in [-0.15, -0.1) is 0 Å². The van der Waals surface area contributed by atoms with E-state index in [-0.39, 0.29) is 12.7 Å². The molecule has 1 aliphatic heterocycles. The quantitative estimate of drug-likeness (QED) is 0.387. The van der Waals surface area contributed by atoms with Crippen molar-refractivity contribution in [3.05, 3.63) is 89.5 Å². The standard InChI is InChI=1S/C27H25F3N4O2/c28-27(29,30)22-8-4-7-21(16-22)25-31-23-10-9-20(15-24(23)32-25)17-33-11-13-34(14-12-33)26(35)36-18-19-5-2-1-3-6-19/h1-10,15-16H,11-14,17-18H2,(H,31,32). The molecule has 2 heterocycles. The van der Waals surface area contributed by atoms with E-state index in [4.69, 9.17) is 4.74 Å². The van der Waals surface area contributed by atoms with Crippen LogP contribution in [0.1, 0.15) is 16.7 Å². The number of aromatic nitrogens is 2. The van der Waals surface area contributed by atoms with E-state index in [0.29, 0.717) is 36.5 Å². The van der Waals surface area contributed by atoms with Crippen molar-refractivity contribution in [3.63, 3.8) is 0 Å². The number of ether oxygens (including phenoxy) is 1. The number of carbonyl (C=O) groups excluding carboxylic acids is 1. The molecule has 0 atom stereocenters. The Labute approximate surface area is 206 Å². The third-order valence-electron chi connectivity index (χ3n) is 6.25. The average molecular weight is 495 g/mol. The lowest BCUT2D eigenvalue weighted by molar-refractivity contribution is -0.137. The second-order valence-corrected chi connectivity index (χ2v) is 8.82. The van der Waals surface area contributed by atoms with Crippen LogP contribution in [0.5, 0.6) is 0 Å². The number of carbonyl (C=O) groups is 1. The second kappa shape index (κ2) is 10.0. The molecule has 1 fully saturated rings. The van der Waals surface area contributed by atoms with Crippen LogP contribution in [-0.2, 0) is 24.1 Å². The Morgan fingerprint density at radius 1 is 0.917 bits per heavy atom. The molecule has 5 rings (SSSR count). The highest BCUT2D eigenvalue weighted by Crippen LogP contribution is 2.32. The predicted octanol–water partition coefficient (Wildman–Crippen LogP) is 5.70. The predicted molar refractivity (Wildman–Crippen MR) is 130 cm³/mol. The molecular weight excluding hydrogens is 469 g/mol. The van der Waals surface area contributed by atoms with Gasteiger partial charge in [-0.25, -0.2) is 9.78 Å². The molecule has 0 spiro atoms. The summed E-state index contributed by atoms with van der Waals surface area (Å²) in [5, 5.41) is 0. The molecule has 186 valence electrons. The first kappa shape index (κ1) is 23.9. The van der Waals surface area contributed by atoms with E-state index in [2.05, 4.69) is 14.9 Å². The summed E-state index contributed by atoms with van der Waals surface area (Å²) in [6.45, 7) is 3.56. The number of rotatable bonds is 5. The number of amides is 1. The van der Waals surface area contributed by atoms with Crippen molar-refractivity contribution in [2.75, 3.05) is 26.2 Å². The van der Waals surface area contributed by atoms with E-state index in [1.165, 1.54) is 6.07 Å². The van der Waals surface area contributed by atoms with Crippen LogP contribution >= 0.6 is 0 Å². The number of hydrogen-bond acceptors (Lipinski definition) is 4. The van der Waals surface area contributed by atoms with Crippen molar-refractivity contribution in [2.45, 2.75) is 19.3 Å². The van der Waals surface area contributed by atoms with Gasteiger partial charge in [-0.2, -0.15) is 13.2 Å². The summed E-state index contributed by atoms with van der Waals surface area (Å²) in [4.78, 5) is 24.0. The maximum Gasteiger partial charge on any atom is 0.416 e. The third-order valence-corrected chi connectivity index (χ3v) is 6.25. The van der Waals surface area contributed by atoms with Crippen LogP contribution in [0, 0.1) is 0 Å². The number of imidazole rings is 1. The Balaban J connectivity index is 1.18. The summed E-state index contributed by atoms with van der Waals surface area (Å²) in [5.74, 6) is 0.399. The number of benzene rings is 3. The van der Waals surface area contributed by atoms with E-state index in [1.54, 1.807) is 11.0 Å². The molecule has 36 heavy (non-hydrogen) atoms. The lowest BCUT2D eigenvalue weighted by atomic mass is 10.1. The van der Waals surface area contributed by atoms with Crippen LogP contribution in [0.15, 0.2) is 72.8 Å². The summed E-state index contributed by atoms with van der Waals surface area (Å²) < 4.78 is 44.7. The Hall–Kier alpha value is -3.85. The van der Waals surface area contributed by atoms with Gasteiger partial charge in [-0.1, -0.05) is 48.5 Å². The maximum atomic E-state index is 13.1. The van der Waals surface area contributed by atoms with E-state index in [1.807, 2.05) is 48.5 Å². The van der Waals surface area contributed by atoms with Crippen molar-refractivity contribution in [1.82, 2.24) is 19.8 Å². The highest BCUT2D eigenvalue weighted by atomic mass is 19.4. The molecule has 1 N–H and O–H groups in total. The number of piperazine rings is 1. The fourth-order valence-electron chi connectivity index (χ4n) is 4.29. The number of nitrogens with zero attached hydrogens (tertiary/aromatic N) is 3. The van der Waals surface area contributed by atoms with Gasteiger partial charge in [-0.05, 0) is 35.4 Å². The largest absolute Gasteiger partial charge is 0.445 e. The van der Waals surface area contributed by atoms with Gasteiger partial charge in [0.15, 0.2) is 0 Å². The van der Waals surface area contributed by atoms with E-state index >= 15 is 0 Å². The lowest BCUT2D eigenvalue weighted by Crippen LogP contribution is -2.48. The number of nitrogens with one attached hydrogen (secondary N) is 1. The van der Waals surface area contributed by atoms with Gasteiger partial charge in [0.25, 0.3) is 0 Å². The molecule has 4 aromatic rings. The average Bonchev–Trinajstić information content (AvgIpc) is 3.31. The van der Waals surface area contributed by atoms with Crippen LogP contribution < -0.4 is 0 Å². The van der Waals surface area contributed by atoms with Gasteiger partial charge in [-0.3, -0.25) is 4.90 Å². The molecule has 0 saturated carbocycles. The van der Waals surface area contributed by atoms with Crippen molar-refractivity contribution < 1.29 is 22.7 Å². The Morgan fingerprint density at radius 2 is 1.69 bits per heavy atom. The molecular formula is C27H25F3N4O2. The van der Waals surface area contributed by atoms with Crippen molar-refractivity contribution >= 4 is 17.1 Å². The fourth-order valence-corrected chi connectivity index (χ4v) is 4.29. The molecule has 9 heteroatoms. The highest BCUT2D eigenvalue weighted by molar-refractivity contribution is 5.80. The third kappa shape index (κ3) is 5.52. The smallest absolute Gasteiger partial charge is 0.416 e. The molecule has 1 aliphatic rings. The topological polar surface area (TPSA) is 61.5 Å². The van der Waals surface area contributed by atoms with Crippen molar-refractivity contribution in [3.8, 4) is 11.4 Å². The molecule has 6 nitrogen and oxygen atoms in total. The Morgan fingerprint density at radius 3 is 2.44 bits per heavy atom. The zero-order chi connectivity index (χ0) is 25.1. The molecule has 1 amide bonds. The minimum atomic E-state index is -4.40. The second-order valence-electron chi connectivity index (χ2n) is 8.82. The lowest BCUT2D eigenvalue weighted by Gasteiger charge is -2.34. The molecule has 0 aliphatic carbocycles. The van der Waals surface area contributed by atoms with Crippen molar-refractivity contribution in [2.24, 2.45) is 0 Å². The zero-order valence-corrected chi connectivity index (χ0v) is 19.5. The minimum Gasteiger partial charge on any atom is -0.445 e. The Bertz CT molecular complexity index is 1350. The number of H-pyrrole nitrogens is 1. The Kier molecular flexibility index (Phi) is 6.65. The van der Waals surface area contributed by atoms with Gasteiger partial charge in [0, 0.05) is 38.3 Å². The molecule has 0 bridgehead atoms. The van der Waals surface area contributed by atoms with Crippen LogP contribution in [0.4, 0.5) is 18.0 Å². The minimum absolute atomic E-state index is 0.257. The molecule has 1 aromatic heterocycles. The van der Waals surface area contributed by atoms with Crippen LogP contribution in [0.25, 0.3) is 22.4 Å². The first-order valence-corrected chi connectivity index (χ1v) is 11.7. The summed E-state index contributed by atoms with van der Waals surface area (Å²) in [6, 6.07) is 20.5. The highest BCUT2D eigenvalue weighted by Gasteiger charge is 2.30. The zero-order valence-electron chi connectivity index (χ0n) is 19.5. The molecule has 3 aromatic carbocycles. The summed E-state index contributed by atoms with van der Waals surface area (Å²) in [7, 11) is 0. The van der Waals surface area contributed by atoms with Crippen LogP contribution in [0.3, 0.4) is 0 Å². The molecule has 0 unspecified atom stereocenters. The molecule has 1 saturated heterocycles. The summed E-state index contributed by atoms with van der Waals surface area (Å²) in [5.41, 5.74) is 3.15. The van der Waals surface area contributed by atoms with E-state index in [9.17, 15) is 18.0 Å². The van der Waals surface area contributed by atoms with Gasteiger partial charge >= 0.3 is 12.3 Å². The number of alkyl halides is 3. The maximum absolute atomic E-state index is 13.1. The van der Waals surface area contributed by atoms with E-state index < -0.39 is 11.7 Å². The number of hydrogen-bond donors (Lipinski definition) is 1. The monoisotopic (exact) mass is 494 g/mol. The van der Waals surface area contributed by atoms with Gasteiger partial charge in [0.1, 0.15) is 12.4 Å². The first-order valence-electron chi connectivity index (χ1n) is 11.7. The first-order chi connectivity index (χ1) is 17.3. The van der Waals surface area contributed by atoms with Gasteiger partial charge < -0.3 is 14.6 Å². The van der Waals surface area contributed by atoms with E-state index in [0.717, 1.165) is 41.9 Å². The normalized spacial score (nSPS) is 14.8. The SMILES string of the molecule is O=C(OCc1ccccc1)N1CCN(Cc2ccc3nc(-c4cccc(C(F)(F)F)c4)[nH]c3c2)CC1.